The van der Waals surface area contributed by atoms with E-state index in [1.807, 2.05) is 13.1 Å². The fourth-order valence-electron chi connectivity index (χ4n) is 2.61. The van der Waals surface area contributed by atoms with Crippen LogP contribution in [0, 0.1) is 0 Å². The van der Waals surface area contributed by atoms with Crippen LogP contribution in [0.3, 0.4) is 0 Å². The SMILES string of the molecule is CNCc1oc2ccccc2c1CN1CCSCC1. The van der Waals surface area contributed by atoms with Gasteiger partial charge in [0.15, 0.2) is 0 Å². The number of hydrogen-bond acceptors (Lipinski definition) is 4. The maximum absolute atomic E-state index is 5.99. The monoisotopic (exact) mass is 276 g/mol. The summed E-state index contributed by atoms with van der Waals surface area (Å²) in [5.74, 6) is 3.58. The maximum Gasteiger partial charge on any atom is 0.134 e. The summed E-state index contributed by atoms with van der Waals surface area (Å²) in [5.41, 5.74) is 2.37. The van der Waals surface area contributed by atoms with Crippen molar-refractivity contribution in [1.82, 2.24) is 10.2 Å². The second-order valence-electron chi connectivity index (χ2n) is 4.92. The lowest BCUT2D eigenvalue weighted by Gasteiger charge is -2.26. The van der Waals surface area contributed by atoms with E-state index in [0.717, 1.165) is 24.4 Å². The zero-order chi connectivity index (χ0) is 13.1. The molecule has 1 fully saturated rings. The number of nitrogens with zero attached hydrogens (tertiary/aromatic N) is 1. The number of benzene rings is 1. The van der Waals surface area contributed by atoms with Crippen molar-refractivity contribution >= 4 is 22.7 Å². The minimum atomic E-state index is 0.798. The lowest BCUT2D eigenvalue weighted by atomic mass is 10.1. The number of thioether (sulfide) groups is 1. The Labute approximate surface area is 118 Å². The Morgan fingerprint density at radius 1 is 1.26 bits per heavy atom. The molecule has 1 aromatic carbocycles. The van der Waals surface area contributed by atoms with Crippen molar-refractivity contribution in [3.63, 3.8) is 0 Å². The first-order valence-corrected chi connectivity index (χ1v) is 7.98. The minimum absolute atomic E-state index is 0.798. The number of rotatable bonds is 4. The van der Waals surface area contributed by atoms with Gasteiger partial charge in [-0.2, -0.15) is 11.8 Å². The molecule has 0 unspecified atom stereocenters. The van der Waals surface area contributed by atoms with Crippen molar-refractivity contribution in [2.45, 2.75) is 13.1 Å². The quantitative estimate of drug-likeness (QED) is 0.929. The van der Waals surface area contributed by atoms with Crippen LogP contribution in [0.1, 0.15) is 11.3 Å². The third-order valence-corrected chi connectivity index (χ3v) is 4.55. The van der Waals surface area contributed by atoms with Crippen molar-refractivity contribution in [3.8, 4) is 0 Å². The summed E-state index contributed by atoms with van der Waals surface area (Å²) in [6.45, 7) is 4.17. The molecule has 0 aliphatic carbocycles. The topological polar surface area (TPSA) is 28.4 Å². The summed E-state index contributed by atoms with van der Waals surface area (Å²) in [7, 11) is 1.97. The van der Waals surface area contributed by atoms with E-state index in [1.165, 1.54) is 35.5 Å². The standard InChI is InChI=1S/C15H20N2OS/c1-16-10-15-13(11-17-6-8-19-9-7-17)12-4-2-3-5-14(12)18-15/h2-5,16H,6-11H2,1H3. The van der Waals surface area contributed by atoms with Gasteiger partial charge in [-0.25, -0.2) is 0 Å². The number of fused-ring (bicyclic) bond motifs is 1. The summed E-state index contributed by atoms with van der Waals surface area (Å²) in [6.07, 6.45) is 0. The molecule has 0 amide bonds. The van der Waals surface area contributed by atoms with Gasteiger partial charge in [-0.05, 0) is 13.1 Å². The van der Waals surface area contributed by atoms with Gasteiger partial charge < -0.3 is 9.73 Å². The van der Waals surface area contributed by atoms with Crippen LogP contribution in [0.5, 0.6) is 0 Å². The van der Waals surface area contributed by atoms with E-state index in [9.17, 15) is 0 Å². The average molecular weight is 276 g/mol. The van der Waals surface area contributed by atoms with Crippen LogP contribution in [0.25, 0.3) is 11.0 Å². The molecule has 1 aliphatic heterocycles. The van der Waals surface area contributed by atoms with Gasteiger partial charge in [-0.1, -0.05) is 18.2 Å². The highest BCUT2D eigenvalue weighted by atomic mass is 32.2. The second-order valence-corrected chi connectivity index (χ2v) is 6.14. The molecule has 0 spiro atoms. The van der Waals surface area contributed by atoms with Gasteiger partial charge in [0.05, 0.1) is 6.54 Å². The molecule has 1 aromatic heterocycles. The van der Waals surface area contributed by atoms with Crippen molar-refractivity contribution in [1.29, 1.82) is 0 Å². The minimum Gasteiger partial charge on any atom is -0.459 e. The number of para-hydroxylation sites is 1. The Hall–Kier alpha value is -0.970. The molecule has 4 heteroatoms. The summed E-state index contributed by atoms with van der Waals surface area (Å²) in [5, 5.41) is 4.48. The van der Waals surface area contributed by atoms with E-state index < -0.39 is 0 Å². The Morgan fingerprint density at radius 2 is 2.05 bits per heavy atom. The van der Waals surface area contributed by atoms with Crippen LogP contribution in [0.15, 0.2) is 28.7 Å². The lowest BCUT2D eigenvalue weighted by Crippen LogP contribution is -2.32. The molecule has 102 valence electrons. The fourth-order valence-corrected chi connectivity index (χ4v) is 3.59. The normalized spacial score (nSPS) is 17.1. The van der Waals surface area contributed by atoms with Crippen LogP contribution in [-0.2, 0) is 13.1 Å². The van der Waals surface area contributed by atoms with Gasteiger partial charge in [0.1, 0.15) is 11.3 Å². The van der Waals surface area contributed by atoms with E-state index in [1.54, 1.807) is 0 Å². The molecule has 0 atom stereocenters. The lowest BCUT2D eigenvalue weighted by molar-refractivity contribution is 0.292. The number of nitrogens with one attached hydrogen (secondary N) is 1. The van der Waals surface area contributed by atoms with Crippen molar-refractivity contribution in [2.75, 3.05) is 31.6 Å². The van der Waals surface area contributed by atoms with Crippen LogP contribution in [0.2, 0.25) is 0 Å². The summed E-state index contributed by atoms with van der Waals surface area (Å²) >= 11 is 2.05. The van der Waals surface area contributed by atoms with Crippen molar-refractivity contribution in [2.24, 2.45) is 0 Å². The fraction of sp³-hybridized carbons (Fsp3) is 0.467. The molecule has 0 bridgehead atoms. The average Bonchev–Trinajstić information content (AvgIpc) is 2.79. The Kier molecular flexibility index (Phi) is 4.11. The Morgan fingerprint density at radius 3 is 2.84 bits per heavy atom. The van der Waals surface area contributed by atoms with E-state index in [-0.39, 0.29) is 0 Å². The molecule has 0 saturated carbocycles. The molecule has 3 rings (SSSR count). The predicted octanol–water partition coefficient (Wildman–Crippen LogP) is 2.70. The van der Waals surface area contributed by atoms with E-state index >= 15 is 0 Å². The summed E-state index contributed by atoms with van der Waals surface area (Å²) in [4.78, 5) is 2.53. The molecule has 3 nitrogen and oxygen atoms in total. The Balaban J connectivity index is 1.92. The second kappa shape index (κ2) is 5.99. The Bertz CT molecular complexity index is 546. The molecule has 2 aromatic rings. The largest absolute Gasteiger partial charge is 0.459 e. The molecule has 1 N–H and O–H groups in total. The molecular weight excluding hydrogens is 256 g/mol. The number of furan rings is 1. The van der Waals surface area contributed by atoms with Gasteiger partial charge in [-0.15, -0.1) is 0 Å². The van der Waals surface area contributed by atoms with Crippen molar-refractivity contribution in [3.05, 3.63) is 35.6 Å². The van der Waals surface area contributed by atoms with Crippen LogP contribution >= 0.6 is 11.8 Å². The molecule has 19 heavy (non-hydrogen) atoms. The summed E-state index contributed by atoms with van der Waals surface area (Å²) < 4.78 is 5.99. The van der Waals surface area contributed by atoms with E-state index in [0.29, 0.717) is 0 Å². The van der Waals surface area contributed by atoms with Gasteiger partial charge in [0, 0.05) is 42.1 Å². The van der Waals surface area contributed by atoms with Gasteiger partial charge >= 0.3 is 0 Å². The first-order chi connectivity index (χ1) is 9.38. The van der Waals surface area contributed by atoms with E-state index in [2.05, 4.69) is 40.2 Å². The highest BCUT2D eigenvalue weighted by molar-refractivity contribution is 7.99. The molecule has 2 heterocycles. The zero-order valence-corrected chi connectivity index (χ0v) is 12.1. The molecular formula is C15H20N2OS. The third-order valence-electron chi connectivity index (χ3n) is 3.60. The highest BCUT2D eigenvalue weighted by Gasteiger charge is 2.18. The summed E-state index contributed by atoms with van der Waals surface area (Å²) in [6, 6.07) is 8.36. The van der Waals surface area contributed by atoms with Crippen LogP contribution in [0.4, 0.5) is 0 Å². The third kappa shape index (κ3) is 2.81. The van der Waals surface area contributed by atoms with Crippen LogP contribution in [-0.4, -0.2) is 36.5 Å². The van der Waals surface area contributed by atoms with Gasteiger partial charge in [-0.3, -0.25) is 4.90 Å². The van der Waals surface area contributed by atoms with Gasteiger partial charge in [0.2, 0.25) is 0 Å². The highest BCUT2D eigenvalue weighted by Crippen LogP contribution is 2.27. The van der Waals surface area contributed by atoms with E-state index in [4.69, 9.17) is 4.42 Å². The maximum atomic E-state index is 5.99. The first-order valence-electron chi connectivity index (χ1n) is 6.82. The smallest absolute Gasteiger partial charge is 0.134 e. The van der Waals surface area contributed by atoms with Crippen LogP contribution < -0.4 is 5.32 Å². The molecule has 1 aliphatic rings. The molecule has 0 radical (unpaired) electrons. The predicted molar refractivity (Wildman–Crippen MR) is 81.6 cm³/mol. The van der Waals surface area contributed by atoms with Crippen molar-refractivity contribution < 1.29 is 4.42 Å². The first kappa shape index (κ1) is 13.0. The molecule has 1 saturated heterocycles. The van der Waals surface area contributed by atoms with Gasteiger partial charge in [0.25, 0.3) is 0 Å². The number of hydrogen-bond donors (Lipinski definition) is 1. The zero-order valence-electron chi connectivity index (χ0n) is 11.3.